The van der Waals surface area contributed by atoms with Gasteiger partial charge in [0.2, 0.25) is 0 Å². The Kier molecular flexibility index (Phi) is 2.15. The van der Waals surface area contributed by atoms with Crippen molar-refractivity contribution in [2.75, 3.05) is 0 Å². The first kappa shape index (κ1) is 9.98. The van der Waals surface area contributed by atoms with Crippen LogP contribution in [0.15, 0.2) is 35.8 Å². The zero-order chi connectivity index (χ0) is 11.8. The normalized spacial score (nSPS) is 10.8. The van der Waals surface area contributed by atoms with Crippen molar-refractivity contribution in [1.82, 2.24) is 14.5 Å². The summed E-state index contributed by atoms with van der Waals surface area (Å²) in [5, 5.41) is 11.6. The first-order valence-corrected chi connectivity index (χ1v) is 5.76. The van der Waals surface area contributed by atoms with Crippen LogP contribution >= 0.6 is 11.3 Å². The van der Waals surface area contributed by atoms with Gasteiger partial charge in [0.1, 0.15) is 0 Å². The van der Waals surface area contributed by atoms with Gasteiger partial charge in [-0.05, 0) is 12.1 Å². The van der Waals surface area contributed by atoms with Crippen molar-refractivity contribution in [3.63, 3.8) is 0 Å². The second kappa shape index (κ2) is 3.67. The van der Waals surface area contributed by atoms with Crippen LogP contribution in [0.3, 0.4) is 0 Å². The third kappa shape index (κ3) is 1.50. The summed E-state index contributed by atoms with van der Waals surface area (Å²) in [6, 6.07) is 7.13. The number of thiazole rings is 1. The monoisotopic (exact) mass is 245 g/mol. The number of rotatable bonds is 1. The molecule has 1 N–H and O–H groups in total. The molecule has 0 saturated carbocycles. The van der Waals surface area contributed by atoms with E-state index in [1.807, 2.05) is 6.07 Å². The Morgan fingerprint density at radius 3 is 2.88 bits per heavy atom. The molecule has 2 heterocycles. The van der Waals surface area contributed by atoms with Gasteiger partial charge in [0.05, 0.1) is 11.0 Å². The quantitative estimate of drug-likeness (QED) is 0.715. The number of fused-ring (bicyclic) bond motifs is 1. The van der Waals surface area contributed by atoms with Crippen molar-refractivity contribution in [3.05, 3.63) is 35.8 Å². The smallest absolute Gasteiger partial charge is 0.417 e. The Morgan fingerprint density at radius 1 is 1.35 bits per heavy atom. The summed E-state index contributed by atoms with van der Waals surface area (Å²) >= 11 is 1.37. The number of carbonyl (C=O) groups is 1. The van der Waals surface area contributed by atoms with E-state index in [9.17, 15) is 9.90 Å². The zero-order valence-corrected chi connectivity index (χ0v) is 9.39. The number of benzene rings is 1. The second-order valence-corrected chi connectivity index (χ2v) is 4.27. The summed E-state index contributed by atoms with van der Waals surface area (Å²) in [5.74, 6) is 0.369. The van der Waals surface area contributed by atoms with Crippen molar-refractivity contribution in [3.8, 4) is 10.8 Å². The molecule has 0 aliphatic rings. The second-order valence-electron chi connectivity index (χ2n) is 3.38. The Labute approximate surface area is 100.0 Å². The first-order valence-electron chi connectivity index (χ1n) is 4.88. The lowest BCUT2D eigenvalue weighted by Crippen LogP contribution is -2.09. The van der Waals surface area contributed by atoms with Crippen LogP contribution in [-0.2, 0) is 0 Å². The molecule has 0 amide bonds. The number of hydrogen-bond acceptors (Lipinski definition) is 4. The van der Waals surface area contributed by atoms with Gasteiger partial charge in [-0.25, -0.2) is 19.3 Å². The molecule has 1 aromatic carbocycles. The molecule has 0 aliphatic carbocycles. The van der Waals surface area contributed by atoms with Gasteiger partial charge in [-0.1, -0.05) is 12.1 Å². The van der Waals surface area contributed by atoms with E-state index in [2.05, 4.69) is 9.97 Å². The fourth-order valence-corrected chi connectivity index (χ4v) is 2.31. The lowest BCUT2D eigenvalue weighted by molar-refractivity contribution is 0.197. The third-order valence-corrected chi connectivity index (χ3v) is 3.14. The van der Waals surface area contributed by atoms with Gasteiger partial charge in [0.25, 0.3) is 0 Å². The Morgan fingerprint density at radius 2 is 2.18 bits per heavy atom. The van der Waals surface area contributed by atoms with Gasteiger partial charge in [0.15, 0.2) is 10.8 Å². The number of aromatic nitrogens is 3. The number of para-hydroxylation sites is 2. The molecule has 84 valence electrons. The zero-order valence-electron chi connectivity index (χ0n) is 8.57. The maximum Gasteiger partial charge on any atom is 0.417 e. The van der Waals surface area contributed by atoms with Crippen LogP contribution in [0.5, 0.6) is 0 Å². The Balaban J connectivity index is 2.38. The van der Waals surface area contributed by atoms with E-state index in [0.29, 0.717) is 21.9 Å². The number of nitrogens with zero attached hydrogens (tertiary/aromatic N) is 3. The highest BCUT2D eigenvalue weighted by Crippen LogP contribution is 2.25. The van der Waals surface area contributed by atoms with Crippen molar-refractivity contribution in [2.24, 2.45) is 0 Å². The van der Waals surface area contributed by atoms with Gasteiger partial charge >= 0.3 is 6.09 Å². The number of hydrogen-bond donors (Lipinski definition) is 1. The SMILES string of the molecule is O=C(O)n1c(-c2nccs2)nc2ccccc21. The average Bonchev–Trinajstić information content (AvgIpc) is 2.95. The van der Waals surface area contributed by atoms with Gasteiger partial charge in [0, 0.05) is 11.6 Å². The fraction of sp³-hybridized carbons (Fsp3) is 0. The molecule has 0 bridgehead atoms. The van der Waals surface area contributed by atoms with Crippen LogP contribution < -0.4 is 0 Å². The molecular formula is C11H7N3O2S. The van der Waals surface area contributed by atoms with E-state index in [1.165, 1.54) is 11.3 Å². The third-order valence-electron chi connectivity index (χ3n) is 2.38. The minimum Gasteiger partial charge on any atom is -0.464 e. The van der Waals surface area contributed by atoms with Crippen molar-refractivity contribution in [1.29, 1.82) is 0 Å². The van der Waals surface area contributed by atoms with E-state index in [-0.39, 0.29) is 0 Å². The molecule has 5 nitrogen and oxygen atoms in total. The fourth-order valence-electron chi connectivity index (χ4n) is 1.70. The summed E-state index contributed by atoms with van der Waals surface area (Å²) in [4.78, 5) is 19.7. The van der Waals surface area contributed by atoms with Crippen LogP contribution in [0, 0.1) is 0 Å². The standard InChI is InChI=1S/C11H7N3O2S/c15-11(16)14-8-4-2-1-3-7(8)13-9(14)10-12-5-6-17-10/h1-6H,(H,15,16). The lowest BCUT2D eigenvalue weighted by Gasteiger charge is -1.99. The minimum atomic E-state index is -1.05. The summed E-state index contributed by atoms with van der Waals surface area (Å²) in [7, 11) is 0. The van der Waals surface area contributed by atoms with Crippen molar-refractivity contribution >= 4 is 28.5 Å². The van der Waals surface area contributed by atoms with Crippen LogP contribution in [0.1, 0.15) is 0 Å². The Bertz CT molecular complexity index is 688. The molecule has 0 spiro atoms. The first-order chi connectivity index (χ1) is 8.27. The van der Waals surface area contributed by atoms with Crippen molar-refractivity contribution < 1.29 is 9.90 Å². The highest BCUT2D eigenvalue weighted by molar-refractivity contribution is 7.13. The molecule has 0 fully saturated rings. The summed E-state index contributed by atoms with van der Waals surface area (Å²) in [5.41, 5.74) is 1.23. The van der Waals surface area contributed by atoms with Crippen LogP contribution in [0.4, 0.5) is 4.79 Å². The largest absolute Gasteiger partial charge is 0.464 e. The Hall–Kier alpha value is -2.21. The van der Waals surface area contributed by atoms with E-state index in [1.54, 1.807) is 29.8 Å². The van der Waals surface area contributed by atoms with E-state index < -0.39 is 6.09 Å². The maximum atomic E-state index is 11.3. The molecule has 17 heavy (non-hydrogen) atoms. The summed E-state index contributed by atoms with van der Waals surface area (Å²) < 4.78 is 1.16. The predicted octanol–water partition coefficient (Wildman–Crippen LogP) is 2.69. The highest BCUT2D eigenvalue weighted by Gasteiger charge is 2.18. The molecule has 0 radical (unpaired) electrons. The number of carboxylic acid groups (broad SMARTS) is 1. The molecule has 0 atom stereocenters. The average molecular weight is 245 g/mol. The lowest BCUT2D eigenvalue weighted by atomic mass is 10.3. The van der Waals surface area contributed by atoms with Gasteiger partial charge in [-0.2, -0.15) is 0 Å². The van der Waals surface area contributed by atoms with Gasteiger partial charge in [-0.15, -0.1) is 11.3 Å². The number of imidazole rings is 1. The van der Waals surface area contributed by atoms with E-state index in [0.717, 1.165) is 4.57 Å². The molecule has 3 aromatic rings. The van der Waals surface area contributed by atoms with Crippen molar-refractivity contribution in [2.45, 2.75) is 0 Å². The highest BCUT2D eigenvalue weighted by atomic mass is 32.1. The minimum absolute atomic E-state index is 0.369. The maximum absolute atomic E-state index is 11.3. The van der Waals surface area contributed by atoms with E-state index >= 15 is 0 Å². The van der Waals surface area contributed by atoms with E-state index in [4.69, 9.17) is 0 Å². The summed E-state index contributed by atoms with van der Waals surface area (Å²) in [6.45, 7) is 0. The molecule has 2 aromatic heterocycles. The topological polar surface area (TPSA) is 68.0 Å². The van der Waals surface area contributed by atoms with Crippen LogP contribution in [0.25, 0.3) is 21.9 Å². The molecule has 0 saturated heterocycles. The summed E-state index contributed by atoms with van der Waals surface area (Å²) in [6.07, 6.45) is 0.579. The van der Waals surface area contributed by atoms with Crippen LogP contribution in [0.2, 0.25) is 0 Å². The predicted molar refractivity (Wildman–Crippen MR) is 64.3 cm³/mol. The van der Waals surface area contributed by atoms with Gasteiger partial charge < -0.3 is 5.11 Å². The molecule has 0 unspecified atom stereocenters. The molecular weight excluding hydrogens is 238 g/mol. The van der Waals surface area contributed by atoms with Gasteiger partial charge in [-0.3, -0.25) is 0 Å². The molecule has 3 rings (SSSR count). The molecule has 0 aliphatic heterocycles. The molecule has 6 heteroatoms. The van der Waals surface area contributed by atoms with Crippen LogP contribution in [-0.4, -0.2) is 25.7 Å².